The number of aryl methyl sites for hydroxylation is 1. The van der Waals surface area contributed by atoms with Gasteiger partial charge < -0.3 is 5.32 Å². The summed E-state index contributed by atoms with van der Waals surface area (Å²) in [4.78, 5) is 22.2. The highest BCUT2D eigenvalue weighted by molar-refractivity contribution is 5.83. The van der Waals surface area contributed by atoms with E-state index in [2.05, 4.69) is 51.6 Å². The first-order valence-electron chi connectivity index (χ1n) is 11.7. The van der Waals surface area contributed by atoms with Gasteiger partial charge in [0.1, 0.15) is 12.7 Å². The first-order chi connectivity index (χ1) is 15.6. The maximum atomic E-state index is 13.7. The Kier molecular flexibility index (Phi) is 4.46. The summed E-state index contributed by atoms with van der Waals surface area (Å²) in [6.07, 6.45) is 11.7. The Morgan fingerprint density at radius 3 is 2.62 bits per heavy atom. The van der Waals surface area contributed by atoms with Crippen LogP contribution in [0, 0.1) is 24.2 Å². The molecule has 32 heavy (non-hydrogen) atoms. The lowest BCUT2D eigenvalue weighted by Crippen LogP contribution is -2.59. The summed E-state index contributed by atoms with van der Waals surface area (Å²) in [6, 6.07) is 13.0. The highest BCUT2D eigenvalue weighted by atomic mass is 16.2. The van der Waals surface area contributed by atoms with Crippen molar-refractivity contribution in [2.24, 2.45) is 17.3 Å². The second-order valence-electron chi connectivity index (χ2n) is 10.4. The Bertz CT molecular complexity index is 1120. The standard InChI is InChI=1S/C26H29N5O/c1-18-4-6-22(7-5-18)25-10-19-9-20(11-25)13-26(12-19,15-25)24(32)29-14-21-3-2-8-28-23(21)31-17-27-16-30-31/h2-8,16-17,19-20H,9-15H2,1H3,(H,29,32). The summed E-state index contributed by atoms with van der Waals surface area (Å²) in [5, 5.41) is 7.50. The summed E-state index contributed by atoms with van der Waals surface area (Å²) in [5.41, 5.74) is 3.60. The predicted molar refractivity (Wildman–Crippen MR) is 121 cm³/mol. The third-order valence-electron chi connectivity index (χ3n) is 8.15. The summed E-state index contributed by atoms with van der Waals surface area (Å²) in [6.45, 7) is 2.60. The van der Waals surface area contributed by atoms with Crippen LogP contribution in [0.1, 0.15) is 55.2 Å². The number of hydrogen-bond donors (Lipinski definition) is 1. The monoisotopic (exact) mass is 427 g/mol. The van der Waals surface area contributed by atoms with E-state index in [1.165, 1.54) is 36.7 Å². The van der Waals surface area contributed by atoms with E-state index in [4.69, 9.17) is 0 Å². The Balaban J connectivity index is 1.26. The molecule has 2 unspecified atom stereocenters. The highest BCUT2D eigenvalue weighted by Gasteiger charge is 2.60. The minimum absolute atomic E-state index is 0.162. The first kappa shape index (κ1) is 19.6. The van der Waals surface area contributed by atoms with E-state index in [-0.39, 0.29) is 16.7 Å². The van der Waals surface area contributed by atoms with Crippen LogP contribution < -0.4 is 5.32 Å². The van der Waals surface area contributed by atoms with Gasteiger partial charge in [0.05, 0.1) is 5.41 Å². The average Bonchev–Trinajstić information content (AvgIpc) is 3.32. The van der Waals surface area contributed by atoms with E-state index in [1.54, 1.807) is 17.2 Å². The number of nitrogens with one attached hydrogen (secondary N) is 1. The molecule has 164 valence electrons. The van der Waals surface area contributed by atoms with Crippen LogP contribution in [0.25, 0.3) is 5.82 Å². The number of carbonyl (C=O) groups is 1. The van der Waals surface area contributed by atoms with E-state index >= 15 is 0 Å². The number of nitrogens with zero attached hydrogens (tertiary/aromatic N) is 4. The van der Waals surface area contributed by atoms with Crippen molar-refractivity contribution < 1.29 is 4.79 Å². The molecule has 7 rings (SSSR count). The number of pyridine rings is 1. The van der Waals surface area contributed by atoms with Crippen LogP contribution in [0.5, 0.6) is 0 Å². The molecule has 6 nitrogen and oxygen atoms in total. The van der Waals surface area contributed by atoms with Crippen molar-refractivity contribution in [3.63, 3.8) is 0 Å². The molecule has 0 aliphatic heterocycles. The van der Waals surface area contributed by atoms with Gasteiger partial charge >= 0.3 is 0 Å². The van der Waals surface area contributed by atoms with Crippen molar-refractivity contribution >= 4 is 5.91 Å². The maximum Gasteiger partial charge on any atom is 0.226 e. The van der Waals surface area contributed by atoms with Gasteiger partial charge in [-0.3, -0.25) is 4.79 Å². The van der Waals surface area contributed by atoms with Crippen LogP contribution in [0.15, 0.2) is 55.2 Å². The fourth-order valence-corrected chi connectivity index (χ4v) is 7.23. The topological polar surface area (TPSA) is 72.7 Å². The minimum atomic E-state index is -0.245. The lowest BCUT2D eigenvalue weighted by Gasteiger charge is -2.61. The van der Waals surface area contributed by atoms with Gasteiger partial charge in [-0.25, -0.2) is 14.6 Å². The molecular formula is C26H29N5O. The van der Waals surface area contributed by atoms with E-state index in [1.807, 2.05) is 12.1 Å². The molecule has 1 N–H and O–H groups in total. The highest BCUT2D eigenvalue weighted by Crippen LogP contribution is 2.65. The van der Waals surface area contributed by atoms with Gasteiger partial charge in [0.25, 0.3) is 0 Å². The summed E-state index contributed by atoms with van der Waals surface area (Å²) < 4.78 is 1.65. The lowest BCUT2D eigenvalue weighted by atomic mass is 9.42. The zero-order valence-corrected chi connectivity index (χ0v) is 18.5. The molecule has 4 bridgehead atoms. The van der Waals surface area contributed by atoms with E-state index in [9.17, 15) is 4.79 Å². The molecule has 1 aromatic carbocycles. The first-order valence-corrected chi connectivity index (χ1v) is 11.7. The predicted octanol–water partition coefficient (Wildman–Crippen LogP) is 4.13. The molecule has 0 radical (unpaired) electrons. The van der Waals surface area contributed by atoms with Crippen LogP contribution in [0.2, 0.25) is 0 Å². The number of carbonyl (C=O) groups excluding carboxylic acids is 1. The van der Waals surface area contributed by atoms with Gasteiger partial charge in [0, 0.05) is 18.3 Å². The van der Waals surface area contributed by atoms with Crippen LogP contribution in [-0.4, -0.2) is 25.7 Å². The molecule has 2 aromatic heterocycles. The third-order valence-corrected chi connectivity index (χ3v) is 8.15. The quantitative estimate of drug-likeness (QED) is 0.665. The largest absolute Gasteiger partial charge is 0.351 e. The Morgan fingerprint density at radius 1 is 1.12 bits per heavy atom. The fraction of sp³-hybridized carbons (Fsp3) is 0.462. The minimum Gasteiger partial charge on any atom is -0.351 e. The van der Waals surface area contributed by atoms with Crippen molar-refractivity contribution in [1.82, 2.24) is 25.1 Å². The Hall–Kier alpha value is -3.02. The number of aromatic nitrogens is 4. The molecule has 4 aliphatic carbocycles. The zero-order valence-electron chi connectivity index (χ0n) is 18.5. The second kappa shape index (κ2) is 7.26. The zero-order chi connectivity index (χ0) is 21.8. The van der Waals surface area contributed by atoms with Gasteiger partial charge in [0.2, 0.25) is 5.91 Å². The van der Waals surface area contributed by atoms with Gasteiger partial charge in [0.15, 0.2) is 5.82 Å². The van der Waals surface area contributed by atoms with Crippen molar-refractivity contribution in [3.8, 4) is 5.82 Å². The molecule has 0 saturated heterocycles. The van der Waals surface area contributed by atoms with E-state index in [0.29, 0.717) is 24.2 Å². The van der Waals surface area contributed by atoms with Gasteiger partial charge in [-0.1, -0.05) is 35.9 Å². The van der Waals surface area contributed by atoms with Crippen LogP contribution in [0.3, 0.4) is 0 Å². The molecule has 2 atom stereocenters. The Morgan fingerprint density at radius 2 is 1.91 bits per heavy atom. The molecule has 2 heterocycles. The molecule has 6 heteroatoms. The number of amides is 1. The van der Waals surface area contributed by atoms with Crippen molar-refractivity contribution in [3.05, 3.63) is 71.9 Å². The Labute approximate surface area is 188 Å². The maximum absolute atomic E-state index is 13.7. The lowest BCUT2D eigenvalue weighted by molar-refractivity contribution is -0.149. The SMILES string of the molecule is Cc1ccc(C23CC4CC(CC(C(=O)NCc5cccnc5-n5cncn5)(C4)C2)C3)cc1. The summed E-state index contributed by atoms with van der Waals surface area (Å²) >= 11 is 0. The van der Waals surface area contributed by atoms with Crippen molar-refractivity contribution in [2.75, 3.05) is 0 Å². The average molecular weight is 428 g/mol. The molecule has 4 saturated carbocycles. The molecular weight excluding hydrogens is 398 g/mol. The number of rotatable bonds is 5. The van der Waals surface area contributed by atoms with Crippen LogP contribution in [0.4, 0.5) is 0 Å². The summed E-state index contributed by atoms with van der Waals surface area (Å²) in [5.74, 6) is 2.25. The smallest absolute Gasteiger partial charge is 0.226 e. The molecule has 4 aliphatic rings. The molecule has 4 fully saturated rings. The van der Waals surface area contributed by atoms with E-state index in [0.717, 1.165) is 24.8 Å². The van der Waals surface area contributed by atoms with Crippen molar-refractivity contribution in [1.29, 1.82) is 0 Å². The number of benzene rings is 1. The third kappa shape index (κ3) is 3.15. The molecule has 1 amide bonds. The normalized spacial score (nSPS) is 30.4. The van der Waals surface area contributed by atoms with Crippen LogP contribution >= 0.6 is 0 Å². The van der Waals surface area contributed by atoms with Gasteiger partial charge in [-0.05, 0) is 74.3 Å². The fourth-order valence-electron chi connectivity index (χ4n) is 7.23. The van der Waals surface area contributed by atoms with E-state index < -0.39 is 0 Å². The van der Waals surface area contributed by atoms with Crippen molar-refractivity contribution in [2.45, 2.75) is 57.4 Å². The van der Waals surface area contributed by atoms with Crippen LogP contribution in [-0.2, 0) is 16.8 Å². The molecule has 3 aromatic rings. The number of hydrogen-bond acceptors (Lipinski definition) is 4. The summed E-state index contributed by atoms with van der Waals surface area (Å²) in [7, 11) is 0. The molecule has 0 spiro atoms. The van der Waals surface area contributed by atoms with Gasteiger partial charge in [-0.2, -0.15) is 5.10 Å². The van der Waals surface area contributed by atoms with Gasteiger partial charge in [-0.15, -0.1) is 0 Å². The second-order valence-corrected chi connectivity index (χ2v) is 10.4.